The lowest BCUT2D eigenvalue weighted by Gasteiger charge is -2.19. The molecule has 252 valence electrons. The van der Waals surface area contributed by atoms with Crippen molar-refractivity contribution in [1.29, 1.82) is 0 Å². The lowest BCUT2D eigenvalue weighted by Crippen LogP contribution is -2.52. The number of ether oxygens (including phenoxy) is 1. The third-order valence-corrected chi connectivity index (χ3v) is 6.11. The molecule has 0 saturated carbocycles. The maximum atomic E-state index is 12.8. The maximum Gasteiger partial charge on any atom is 0.253 e. The van der Waals surface area contributed by atoms with E-state index in [4.69, 9.17) is 4.74 Å². The minimum Gasteiger partial charge on any atom is -0.354 e. The standard InChI is InChI=1S/C29H38N6O9.C2H6/c1-20(36)18-44-19-33-25(39)16-32-29(43)22(14-21-8-4-2-5-9-21)34-26(40)17-31-24(38)15-30-23(37)10-6-3-7-13-35-27(41)11-12-28(35)42;1-2/h2,4-5,8-9,11-12,22H,3,6-7,10,13-19H2,1H3,(H,30,37)(H,31,38)(H,32,43)(H,33,39)(H,34,40);1-2H3. The largest absolute Gasteiger partial charge is 0.354 e. The number of nitrogens with one attached hydrogen (secondary N) is 5. The number of imide groups is 1. The number of ketones is 1. The summed E-state index contributed by atoms with van der Waals surface area (Å²) < 4.78 is 4.95. The highest BCUT2D eigenvalue weighted by molar-refractivity contribution is 6.12. The fraction of sp³-hybridized carbons (Fsp3) is 0.484. The van der Waals surface area contributed by atoms with Crippen LogP contribution in [0.1, 0.15) is 52.0 Å². The zero-order chi connectivity index (χ0) is 34.3. The second-order valence-corrected chi connectivity index (χ2v) is 9.85. The van der Waals surface area contributed by atoms with E-state index < -0.39 is 42.8 Å². The molecule has 46 heavy (non-hydrogen) atoms. The van der Waals surface area contributed by atoms with Crippen LogP contribution in [-0.2, 0) is 49.5 Å². The number of nitrogens with zero attached hydrogens (tertiary/aromatic N) is 1. The van der Waals surface area contributed by atoms with Gasteiger partial charge < -0.3 is 31.3 Å². The zero-order valence-corrected chi connectivity index (χ0v) is 26.5. The van der Waals surface area contributed by atoms with Gasteiger partial charge in [0.15, 0.2) is 5.78 Å². The summed E-state index contributed by atoms with van der Waals surface area (Å²) in [5.41, 5.74) is 0.747. The zero-order valence-electron chi connectivity index (χ0n) is 26.5. The fourth-order valence-electron chi connectivity index (χ4n) is 3.88. The van der Waals surface area contributed by atoms with Gasteiger partial charge in [0.05, 0.1) is 19.6 Å². The van der Waals surface area contributed by atoms with Crippen LogP contribution in [0.2, 0.25) is 0 Å². The number of Topliss-reactive ketones (excluding diaryl/α,β-unsaturated/α-hetero) is 1. The topological polar surface area (TPSA) is 209 Å². The number of carbonyl (C=O) groups excluding carboxylic acids is 8. The van der Waals surface area contributed by atoms with Crippen molar-refractivity contribution in [3.63, 3.8) is 0 Å². The molecule has 1 heterocycles. The molecule has 1 atom stereocenters. The number of benzene rings is 1. The Bertz CT molecular complexity index is 1220. The molecule has 0 radical (unpaired) electrons. The van der Waals surface area contributed by atoms with Crippen molar-refractivity contribution in [2.75, 3.05) is 39.5 Å². The number of amides is 7. The Morgan fingerprint density at radius 2 is 1.33 bits per heavy atom. The molecule has 0 aromatic heterocycles. The molecular weight excluding hydrogens is 600 g/mol. The number of carbonyl (C=O) groups is 8. The van der Waals surface area contributed by atoms with Crippen molar-refractivity contribution in [2.24, 2.45) is 0 Å². The SMILES string of the molecule is CC.CC(=O)COCNC(=O)CNC(=O)C(Cc1ccccc1)NC(=O)CNC(=O)CNC(=O)CCCCCN1C(=O)C=CC1=O. The van der Waals surface area contributed by atoms with Crippen LogP contribution in [0.3, 0.4) is 0 Å². The van der Waals surface area contributed by atoms with Gasteiger partial charge in [-0.3, -0.25) is 43.3 Å². The smallest absolute Gasteiger partial charge is 0.253 e. The first-order valence-corrected chi connectivity index (χ1v) is 15.1. The highest BCUT2D eigenvalue weighted by Crippen LogP contribution is 2.08. The van der Waals surface area contributed by atoms with Gasteiger partial charge >= 0.3 is 0 Å². The molecule has 0 aliphatic carbocycles. The molecule has 0 bridgehead atoms. The minimum atomic E-state index is -1.05. The number of unbranched alkanes of at least 4 members (excludes halogenated alkanes) is 2. The van der Waals surface area contributed by atoms with Crippen molar-refractivity contribution in [2.45, 2.75) is 58.9 Å². The van der Waals surface area contributed by atoms with Crippen molar-refractivity contribution in [3.05, 3.63) is 48.0 Å². The second kappa shape index (κ2) is 22.6. The van der Waals surface area contributed by atoms with Gasteiger partial charge in [0.25, 0.3) is 11.8 Å². The molecule has 0 spiro atoms. The Morgan fingerprint density at radius 1 is 0.739 bits per heavy atom. The molecule has 0 fully saturated rings. The van der Waals surface area contributed by atoms with Crippen molar-refractivity contribution < 1.29 is 43.1 Å². The van der Waals surface area contributed by atoms with Gasteiger partial charge in [-0.15, -0.1) is 0 Å². The van der Waals surface area contributed by atoms with Gasteiger partial charge in [0, 0.05) is 31.5 Å². The molecule has 1 unspecified atom stereocenters. The first kappa shape index (κ1) is 39.1. The predicted molar refractivity (Wildman–Crippen MR) is 166 cm³/mol. The fourth-order valence-corrected chi connectivity index (χ4v) is 3.88. The lowest BCUT2D eigenvalue weighted by atomic mass is 10.1. The number of hydrogen-bond donors (Lipinski definition) is 5. The average molecular weight is 645 g/mol. The molecule has 15 nitrogen and oxygen atoms in total. The van der Waals surface area contributed by atoms with E-state index in [-0.39, 0.29) is 62.8 Å². The summed E-state index contributed by atoms with van der Waals surface area (Å²) in [4.78, 5) is 96.5. The first-order valence-electron chi connectivity index (χ1n) is 15.1. The van der Waals surface area contributed by atoms with E-state index in [1.165, 1.54) is 19.1 Å². The van der Waals surface area contributed by atoms with Crippen LogP contribution in [0.15, 0.2) is 42.5 Å². The molecular formula is C31H44N6O9. The van der Waals surface area contributed by atoms with Crippen LogP contribution in [-0.4, -0.2) is 97.6 Å². The molecule has 1 aromatic rings. The molecule has 5 N–H and O–H groups in total. The van der Waals surface area contributed by atoms with Crippen molar-refractivity contribution >= 4 is 47.1 Å². The summed E-state index contributed by atoms with van der Waals surface area (Å²) in [6, 6.07) is 7.81. The summed E-state index contributed by atoms with van der Waals surface area (Å²) in [6.45, 7) is 4.05. The van der Waals surface area contributed by atoms with E-state index in [1.807, 2.05) is 13.8 Å². The van der Waals surface area contributed by atoms with Gasteiger partial charge in [-0.1, -0.05) is 50.6 Å². The number of rotatable bonds is 20. The Balaban J connectivity index is 0.00000518. The molecule has 1 aliphatic rings. The summed E-state index contributed by atoms with van der Waals surface area (Å²) in [5, 5.41) is 12.2. The second-order valence-electron chi connectivity index (χ2n) is 9.85. The predicted octanol–water partition coefficient (Wildman–Crippen LogP) is -0.747. The summed E-state index contributed by atoms with van der Waals surface area (Å²) >= 11 is 0. The van der Waals surface area contributed by atoms with E-state index in [0.29, 0.717) is 19.3 Å². The summed E-state index contributed by atoms with van der Waals surface area (Å²) in [7, 11) is 0. The minimum absolute atomic E-state index is 0.118. The van der Waals surface area contributed by atoms with Crippen molar-refractivity contribution in [3.8, 4) is 0 Å². The van der Waals surface area contributed by atoms with Crippen LogP contribution in [0, 0.1) is 0 Å². The normalized spacial score (nSPS) is 12.4. The molecule has 1 aromatic carbocycles. The van der Waals surface area contributed by atoms with E-state index in [9.17, 15) is 38.4 Å². The van der Waals surface area contributed by atoms with E-state index in [0.717, 1.165) is 10.5 Å². The summed E-state index contributed by atoms with van der Waals surface area (Å²) in [6.07, 6.45) is 4.35. The van der Waals surface area contributed by atoms with Crippen LogP contribution >= 0.6 is 0 Å². The molecule has 0 saturated heterocycles. The number of hydrogen-bond acceptors (Lipinski definition) is 9. The Labute approximate surface area is 268 Å². The van der Waals surface area contributed by atoms with Gasteiger partial charge in [0.1, 0.15) is 19.4 Å². The van der Waals surface area contributed by atoms with E-state index >= 15 is 0 Å². The molecule has 2 rings (SSSR count). The van der Waals surface area contributed by atoms with Crippen LogP contribution in [0.4, 0.5) is 0 Å². The highest BCUT2D eigenvalue weighted by atomic mass is 16.5. The Morgan fingerprint density at radius 3 is 1.98 bits per heavy atom. The van der Waals surface area contributed by atoms with Crippen LogP contribution in [0.5, 0.6) is 0 Å². The van der Waals surface area contributed by atoms with Crippen LogP contribution in [0.25, 0.3) is 0 Å². The van der Waals surface area contributed by atoms with Gasteiger partial charge in [0.2, 0.25) is 29.5 Å². The Hall–Kier alpha value is -4.92. The third-order valence-electron chi connectivity index (χ3n) is 6.11. The van der Waals surface area contributed by atoms with E-state index in [1.54, 1.807) is 30.3 Å². The monoisotopic (exact) mass is 644 g/mol. The maximum absolute atomic E-state index is 12.8. The van der Waals surface area contributed by atoms with Gasteiger partial charge in [-0.2, -0.15) is 0 Å². The van der Waals surface area contributed by atoms with Gasteiger partial charge in [-0.25, -0.2) is 0 Å². The van der Waals surface area contributed by atoms with Gasteiger partial charge in [-0.05, 0) is 25.3 Å². The molecule has 15 heteroatoms. The average Bonchev–Trinajstić information content (AvgIpc) is 3.36. The third kappa shape index (κ3) is 16.8. The molecule has 7 amide bonds. The van der Waals surface area contributed by atoms with Crippen molar-refractivity contribution in [1.82, 2.24) is 31.5 Å². The first-order chi connectivity index (χ1) is 22.0. The summed E-state index contributed by atoms with van der Waals surface area (Å²) in [5.74, 6) is -3.73. The molecule has 1 aliphatic heterocycles. The lowest BCUT2D eigenvalue weighted by molar-refractivity contribution is -0.137. The highest BCUT2D eigenvalue weighted by Gasteiger charge is 2.23. The van der Waals surface area contributed by atoms with Crippen LogP contribution < -0.4 is 26.6 Å². The van der Waals surface area contributed by atoms with E-state index in [2.05, 4.69) is 26.6 Å². The quantitative estimate of drug-likeness (QED) is 0.0686. The Kier molecular flexibility index (Phi) is 19.2.